The number of fused-ring (bicyclic) bond motifs is 1. The Hall–Kier alpha value is -4.81. The number of nitrogens with one attached hydrogen (secondary N) is 1. The molecule has 0 spiro atoms. The average Bonchev–Trinajstić information content (AvgIpc) is 3.18. The van der Waals surface area contributed by atoms with Crippen LogP contribution in [-0.4, -0.2) is 70.8 Å². The van der Waals surface area contributed by atoms with E-state index in [1.165, 1.54) is 4.90 Å². The number of hydrogen-bond acceptors (Lipinski definition) is 9. The number of ether oxygens (including phenoxy) is 3. The van der Waals surface area contributed by atoms with E-state index < -0.39 is 15.9 Å². The number of amides is 1. The first-order chi connectivity index (χ1) is 25.8. The van der Waals surface area contributed by atoms with Gasteiger partial charge < -0.3 is 14.2 Å². The second-order valence-corrected chi connectivity index (χ2v) is 15.7. The van der Waals surface area contributed by atoms with Gasteiger partial charge in [-0.05, 0) is 82.8 Å². The molecule has 5 aromatic rings. The van der Waals surface area contributed by atoms with Gasteiger partial charge in [0.2, 0.25) is 5.91 Å². The van der Waals surface area contributed by atoms with Gasteiger partial charge in [0.25, 0.3) is 10.0 Å². The monoisotopic (exact) mass is 751 g/mol. The molecule has 1 atom stereocenters. The molecule has 0 radical (unpaired) electrons. The van der Waals surface area contributed by atoms with Crippen LogP contribution in [0.3, 0.4) is 0 Å². The van der Waals surface area contributed by atoms with E-state index in [1.54, 1.807) is 45.2 Å². The van der Waals surface area contributed by atoms with Gasteiger partial charge in [-0.3, -0.25) is 14.6 Å². The van der Waals surface area contributed by atoms with Crippen LogP contribution in [0.25, 0.3) is 0 Å². The lowest BCUT2D eigenvalue weighted by molar-refractivity contribution is -0.121. The average molecular weight is 752 g/mol. The Morgan fingerprint density at radius 3 is 2.17 bits per heavy atom. The molecule has 0 bridgehead atoms. The highest BCUT2D eigenvalue weighted by atomic mass is 32.2. The minimum Gasteiger partial charge on any atom is -0.497 e. The van der Waals surface area contributed by atoms with Gasteiger partial charge in [0, 0.05) is 36.8 Å². The summed E-state index contributed by atoms with van der Waals surface area (Å²) in [5.74, 6) is 2.34. The Kier molecular flexibility index (Phi) is 12.7. The van der Waals surface area contributed by atoms with Crippen LogP contribution in [0.4, 0.5) is 0 Å². The van der Waals surface area contributed by atoms with Crippen LogP contribution in [0.5, 0.6) is 17.2 Å². The zero-order chi connectivity index (χ0) is 37.2. The number of benzene rings is 5. The molecule has 1 unspecified atom stereocenters. The second-order valence-electron chi connectivity index (χ2n) is 12.8. The summed E-state index contributed by atoms with van der Waals surface area (Å²) in [6, 6.07) is 38.6. The Labute approximate surface area is 316 Å². The van der Waals surface area contributed by atoms with E-state index >= 15 is 0 Å². The summed E-state index contributed by atoms with van der Waals surface area (Å²) in [5, 5.41) is 0. The highest BCUT2D eigenvalue weighted by Crippen LogP contribution is 2.41. The third kappa shape index (κ3) is 9.79. The molecular weight excluding hydrogens is 707 g/mol. The fourth-order valence-electron chi connectivity index (χ4n) is 6.70. The van der Waals surface area contributed by atoms with Crippen molar-refractivity contribution in [3.05, 3.63) is 149 Å². The predicted octanol–water partition coefficient (Wildman–Crippen LogP) is 6.96. The topological polar surface area (TPSA) is 97.4 Å². The summed E-state index contributed by atoms with van der Waals surface area (Å²) in [7, 11) is 0.754. The van der Waals surface area contributed by atoms with Crippen molar-refractivity contribution >= 4 is 27.7 Å². The number of sulfonamides is 1. The molecule has 53 heavy (non-hydrogen) atoms. The molecule has 1 aliphatic rings. The van der Waals surface area contributed by atoms with Crippen LogP contribution in [0.1, 0.15) is 33.9 Å². The van der Waals surface area contributed by atoms with E-state index in [4.69, 9.17) is 14.2 Å². The standard InChI is InChI=1S/C42H45N3O6S2/c1-49-35-14-10-11-32(25-35)29-44(23-24-52-36-15-8-5-9-16-36)28-31-17-19-37(20-18-31)53(47,48)43-41(46)30-45-22-21-34-26-39(50-2)40(51-3)27-38(34)42(45)33-12-6-4-7-13-33/h4-20,25-27,42H,21-24,28-30H2,1-3H3,(H,43,46). The van der Waals surface area contributed by atoms with Crippen molar-refractivity contribution in [2.24, 2.45) is 0 Å². The number of carbonyl (C=O) groups excluding carboxylic acids is 1. The van der Waals surface area contributed by atoms with E-state index in [0.717, 1.165) is 45.9 Å². The summed E-state index contributed by atoms with van der Waals surface area (Å²) in [4.78, 5) is 19.0. The third-order valence-corrected chi connectivity index (χ3v) is 11.7. The Balaban J connectivity index is 1.13. The van der Waals surface area contributed by atoms with Crippen molar-refractivity contribution in [1.29, 1.82) is 0 Å². The van der Waals surface area contributed by atoms with E-state index in [9.17, 15) is 13.2 Å². The first-order valence-corrected chi connectivity index (χ1v) is 19.9. The molecule has 6 rings (SSSR count). The molecule has 0 aliphatic carbocycles. The van der Waals surface area contributed by atoms with E-state index in [0.29, 0.717) is 37.6 Å². The van der Waals surface area contributed by atoms with E-state index in [2.05, 4.69) is 27.8 Å². The first kappa shape index (κ1) is 37.9. The van der Waals surface area contributed by atoms with Gasteiger partial charge in [0.1, 0.15) is 5.75 Å². The molecule has 1 N–H and O–H groups in total. The molecule has 5 aromatic carbocycles. The molecule has 0 saturated heterocycles. The van der Waals surface area contributed by atoms with Crippen LogP contribution in [0.15, 0.2) is 131 Å². The molecule has 0 aromatic heterocycles. The van der Waals surface area contributed by atoms with Gasteiger partial charge in [-0.15, -0.1) is 11.8 Å². The van der Waals surface area contributed by atoms with Gasteiger partial charge in [0.15, 0.2) is 11.5 Å². The molecule has 276 valence electrons. The first-order valence-electron chi connectivity index (χ1n) is 17.5. The van der Waals surface area contributed by atoms with Gasteiger partial charge in [0.05, 0.1) is 38.8 Å². The van der Waals surface area contributed by atoms with Gasteiger partial charge in [-0.1, -0.05) is 72.8 Å². The van der Waals surface area contributed by atoms with Crippen molar-refractivity contribution in [3.8, 4) is 17.2 Å². The number of thioether (sulfide) groups is 1. The highest BCUT2D eigenvalue weighted by molar-refractivity contribution is 7.99. The fraction of sp³-hybridized carbons (Fsp3) is 0.262. The van der Waals surface area contributed by atoms with Gasteiger partial charge in [-0.2, -0.15) is 0 Å². The molecule has 0 saturated carbocycles. The van der Waals surface area contributed by atoms with Crippen molar-refractivity contribution in [1.82, 2.24) is 14.5 Å². The molecule has 11 heteroatoms. The number of hydrogen-bond donors (Lipinski definition) is 1. The minimum absolute atomic E-state index is 0.0361. The number of rotatable bonds is 16. The molecule has 0 fully saturated rings. The highest BCUT2D eigenvalue weighted by Gasteiger charge is 2.32. The molecule has 1 amide bonds. The van der Waals surface area contributed by atoms with Crippen molar-refractivity contribution in [3.63, 3.8) is 0 Å². The fourth-order valence-corrected chi connectivity index (χ4v) is 8.62. The number of nitrogens with zero attached hydrogens (tertiary/aromatic N) is 2. The van der Waals surface area contributed by atoms with E-state index in [1.807, 2.05) is 95.9 Å². The smallest absolute Gasteiger partial charge is 0.264 e. The second kappa shape index (κ2) is 17.8. The lowest BCUT2D eigenvalue weighted by atomic mass is 9.87. The molecule has 9 nitrogen and oxygen atoms in total. The number of methoxy groups -OCH3 is 3. The maximum absolute atomic E-state index is 13.5. The van der Waals surface area contributed by atoms with Crippen LogP contribution >= 0.6 is 11.8 Å². The maximum atomic E-state index is 13.5. The third-order valence-electron chi connectivity index (χ3n) is 9.28. The lowest BCUT2D eigenvalue weighted by Gasteiger charge is -2.37. The zero-order valence-corrected chi connectivity index (χ0v) is 31.9. The van der Waals surface area contributed by atoms with Gasteiger partial charge >= 0.3 is 0 Å². The van der Waals surface area contributed by atoms with Crippen LogP contribution in [0.2, 0.25) is 0 Å². The molecule has 1 heterocycles. The summed E-state index contributed by atoms with van der Waals surface area (Å²) < 4.78 is 45.9. The van der Waals surface area contributed by atoms with Crippen LogP contribution in [0, 0.1) is 0 Å². The maximum Gasteiger partial charge on any atom is 0.264 e. The molecular formula is C42H45N3O6S2. The van der Waals surface area contributed by atoms with Crippen molar-refractivity contribution < 1.29 is 27.4 Å². The lowest BCUT2D eigenvalue weighted by Crippen LogP contribution is -2.44. The van der Waals surface area contributed by atoms with Crippen molar-refractivity contribution in [2.75, 3.05) is 46.7 Å². The summed E-state index contributed by atoms with van der Waals surface area (Å²) in [6.45, 7) is 2.59. The normalized spacial score (nSPS) is 14.4. The Morgan fingerprint density at radius 1 is 0.792 bits per heavy atom. The summed E-state index contributed by atoms with van der Waals surface area (Å²) in [6.07, 6.45) is 0.667. The minimum atomic E-state index is -4.11. The zero-order valence-electron chi connectivity index (χ0n) is 30.2. The van der Waals surface area contributed by atoms with Crippen molar-refractivity contribution in [2.45, 2.75) is 35.3 Å². The molecule has 1 aliphatic heterocycles. The summed E-state index contributed by atoms with van der Waals surface area (Å²) >= 11 is 1.80. The largest absolute Gasteiger partial charge is 0.497 e. The predicted molar refractivity (Wildman–Crippen MR) is 209 cm³/mol. The van der Waals surface area contributed by atoms with Crippen LogP contribution in [-0.2, 0) is 34.3 Å². The summed E-state index contributed by atoms with van der Waals surface area (Å²) in [5.41, 5.74) is 5.17. The van der Waals surface area contributed by atoms with Gasteiger partial charge in [-0.25, -0.2) is 13.1 Å². The van der Waals surface area contributed by atoms with Crippen LogP contribution < -0.4 is 18.9 Å². The number of carbonyl (C=O) groups is 1. The SMILES string of the molecule is COc1cccc(CN(CCSc2ccccc2)Cc2ccc(S(=O)(=O)NC(=O)CN3CCc4cc(OC)c(OC)cc4C3c3ccccc3)cc2)c1. The van der Waals surface area contributed by atoms with E-state index in [-0.39, 0.29) is 17.5 Å². The Morgan fingerprint density at radius 2 is 1.47 bits per heavy atom. The quantitative estimate of drug-likeness (QED) is 0.107. The Bertz CT molecular complexity index is 2080.